The number of hydrogen-bond donors (Lipinski definition) is 1. The van der Waals surface area contributed by atoms with Crippen molar-refractivity contribution in [1.82, 2.24) is 4.98 Å². The molecule has 2 heterocycles. The fourth-order valence-electron chi connectivity index (χ4n) is 2.77. The van der Waals surface area contributed by atoms with Gasteiger partial charge in [-0.25, -0.2) is 0 Å². The van der Waals surface area contributed by atoms with Gasteiger partial charge < -0.3 is 10.6 Å². The molecular weight excluding hydrogens is 222 g/mol. The predicted octanol–water partition coefficient (Wildman–Crippen LogP) is 3.20. The first kappa shape index (κ1) is 11.3. The first-order chi connectivity index (χ1) is 8.86. The molecule has 1 saturated heterocycles. The summed E-state index contributed by atoms with van der Waals surface area (Å²) in [5.74, 6) is 0. The van der Waals surface area contributed by atoms with E-state index in [0.717, 1.165) is 24.3 Å². The Labute approximate surface area is 108 Å². The maximum Gasteiger partial charge on any atom is 0.0951 e. The van der Waals surface area contributed by atoms with Crippen LogP contribution in [0.25, 0.3) is 10.9 Å². The summed E-state index contributed by atoms with van der Waals surface area (Å²) in [5.41, 5.74) is 8.99. The number of nitrogens with zero attached hydrogens (tertiary/aromatic N) is 2. The highest BCUT2D eigenvalue weighted by molar-refractivity contribution is 5.97. The lowest BCUT2D eigenvalue weighted by atomic mass is 10.1. The lowest BCUT2D eigenvalue weighted by Crippen LogP contribution is -2.24. The van der Waals surface area contributed by atoms with E-state index in [0.29, 0.717) is 0 Å². The monoisotopic (exact) mass is 241 g/mol. The Bertz CT molecular complexity index is 542. The largest absolute Gasteiger partial charge is 0.397 e. The van der Waals surface area contributed by atoms with Crippen LogP contribution >= 0.6 is 0 Å². The Hall–Kier alpha value is -1.77. The third-order valence-electron chi connectivity index (χ3n) is 3.73. The van der Waals surface area contributed by atoms with Crippen molar-refractivity contribution in [2.75, 3.05) is 23.7 Å². The van der Waals surface area contributed by atoms with Crippen LogP contribution in [-0.4, -0.2) is 18.1 Å². The average Bonchev–Trinajstić information content (AvgIpc) is 2.67. The molecular formula is C15H19N3. The molecule has 1 aromatic carbocycles. The van der Waals surface area contributed by atoms with Crippen LogP contribution in [0.2, 0.25) is 0 Å². The standard InChI is InChI=1S/C15H19N3/c16-13-7-5-6-12-14(8-9-17-15(12)13)18-10-3-1-2-4-11-18/h5-9H,1-4,10-11,16H2. The van der Waals surface area contributed by atoms with E-state index in [1.54, 1.807) is 0 Å². The molecule has 0 radical (unpaired) electrons. The molecule has 0 aliphatic carbocycles. The quantitative estimate of drug-likeness (QED) is 0.780. The highest BCUT2D eigenvalue weighted by Gasteiger charge is 2.13. The van der Waals surface area contributed by atoms with Crippen molar-refractivity contribution in [1.29, 1.82) is 0 Å². The number of fused-ring (bicyclic) bond motifs is 1. The van der Waals surface area contributed by atoms with E-state index in [1.165, 1.54) is 36.8 Å². The van der Waals surface area contributed by atoms with Gasteiger partial charge in [-0.3, -0.25) is 4.98 Å². The summed E-state index contributed by atoms with van der Waals surface area (Å²) in [6.07, 6.45) is 7.14. The zero-order valence-corrected chi connectivity index (χ0v) is 10.6. The molecule has 3 rings (SSSR count). The van der Waals surface area contributed by atoms with E-state index in [1.807, 2.05) is 18.3 Å². The number of anilines is 2. The Morgan fingerprint density at radius 2 is 1.78 bits per heavy atom. The van der Waals surface area contributed by atoms with Gasteiger partial charge in [0.05, 0.1) is 11.2 Å². The van der Waals surface area contributed by atoms with Crippen molar-refractivity contribution >= 4 is 22.3 Å². The van der Waals surface area contributed by atoms with E-state index in [9.17, 15) is 0 Å². The van der Waals surface area contributed by atoms with Crippen LogP contribution < -0.4 is 10.6 Å². The van der Waals surface area contributed by atoms with Crippen molar-refractivity contribution in [3.63, 3.8) is 0 Å². The SMILES string of the molecule is Nc1cccc2c(N3CCCCCC3)ccnc12. The van der Waals surface area contributed by atoms with Crippen LogP contribution in [0.1, 0.15) is 25.7 Å². The molecule has 2 aromatic rings. The Kier molecular flexibility index (Phi) is 3.05. The first-order valence-electron chi connectivity index (χ1n) is 6.74. The molecule has 0 saturated carbocycles. The van der Waals surface area contributed by atoms with Crippen LogP contribution in [0.3, 0.4) is 0 Å². The maximum atomic E-state index is 6.00. The second-order valence-corrected chi connectivity index (χ2v) is 4.97. The van der Waals surface area contributed by atoms with Crippen molar-refractivity contribution in [3.8, 4) is 0 Å². The smallest absolute Gasteiger partial charge is 0.0951 e. The van der Waals surface area contributed by atoms with Crippen molar-refractivity contribution in [2.45, 2.75) is 25.7 Å². The topological polar surface area (TPSA) is 42.1 Å². The molecule has 3 nitrogen and oxygen atoms in total. The van der Waals surface area contributed by atoms with Crippen LogP contribution in [-0.2, 0) is 0 Å². The molecule has 0 bridgehead atoms. The van der Waals surface area contributed by atoms with Gasteiger partial charge in [0.25, 0.3) is 0 Å². The zero-order valence-electron chi connectivity index (χ0n) is 10.6. The third-order valence-corrected chi connectivity index (χ3v) is 3.73. The molecule has 1 aliphatic rings. The average molecular weight is 241 g/mol. The Morgan fingerprint density at radius 3 is 2.56 bits per heavy atom. The Morgan fingerprint density at radius 1 is 1.00 bits per heavy atom. The summed E-state index contributed by atoms with van der Waals surface area (Å²) in [7, 11) is 0. The molecule has 0 atom stereocenters. The van der Waals surface area contributed by atoms with Crippen molar-refractivity contribution in [3.05, 3.63) is 30.5 Å². The van der Waals surface area contributed by atoms with Gasteiger partial charge in [-0.1, -0.05) is 25.0 Å². The summed E-state index contributed by atoms with van der Waals surface area (Å²) in [6, 6.07) is 8.17. The number of benzene rings is 1. The highest BCUT2D eigenvalue weighted by Crippen LogP contribution is 2.29. The molecule has 0 spiro atoms. The number of aromatic nitrogens is 1. The van der Waals surface area contributed by atoms with Crippen LogP contribution in [0, 0.1) is 0 Å². The van der Waals surface area contributed by atoms with E-state index >= 15 is 0 Å². The fourth-order valence-corrected chi connectivity index (χ4v) is 2.77. The van der Waals surface area contributed by atoms with E-state index in [2.05, 4.69) is 22.0 Å². The number of nitrogens with two attached hydrogens (primary N) is 1. The summed E-state index contributed by atoms with van der Waals surface area (Å²) in [5, 5.41) is 1.18. The number of rotatable bonds is 1. The molecule has 1 fully saturated rings. The summed E-state index contributed by atoms with van der Waals surface area (Å²) < 4.78 is 0. The fraction of sp³-hybridized carbons (Fsp3) is 0.400. The number of para-hydroxylation sites is 1. The number of nitrogen functional groups attached to an aromatic ring is 1. The van der Waals surface area contributed by atoms with Gasteiger partial charge in [0.2, 0.25) is 0 Å². The number of pyridine rings is 1. The molecule has 0 amide bonds. The third kappa shape index (κ3) is 2.01. The van der Waals surface area contributed by atoms with E-state index in [4.69, 9.17) is 5.73 Å². The number of hydrogen-bond acceptors (Lipinski definition) is 3. The molecule has 18 heavy (non-hydrogen) atoms. The summed E-state index contributed by atoms with van der Waals surface area (Å²) in [4.78, 5) is 6.89. The molecule has 1 aliphatic heterocycles. The van der Waals surface area contributed by atoms with Crippen molar-refractivity contribution < 1.29 is 0 Å². The molecule has 2 N–H and O–H groups in total. The molecule has 94 valence electrons. The van der Waals surface area contributed by atoms with Gasteiger partial charge in [-0.15, -0.1) is 0 Å². The van der Waals surface area contributed by atoms with Crippen LogP contribution in [0.5, 0.6) is 0 Å². The second kappa shape index (κ2) is 4.84. The minimum Gasteiger partial charge on any atom is -0.397 e. The summed E-state index contributed by atoms with van der Waals surface area (Å²) >= 11 is 0. The zero-order chi connectivity index (χ0) is 12.4. The summed E-state index contributed by atoms with van der Waals surface area (Å²) in [6.45, 7) is 2.29. The van der Waals surface area contributed by atoms with Crippen molar-refractivity contribution in [2.24, 2.45) is 0 Å². The van der Waals surface area contributed by atoms with Crippen LogP contribution in [0.4, 0.5) is 11.4 Å². The first-order valence-corrected chi connectivity index (χ1v) is 6.74. The second-order valence-electron chi connectivity index (χ2n) is 4.97. The normalized spacial score (nSPS) is 16.8. The van der Waals surface area contributed by atoms with Gasteiger partial charge in [-0.05, 0) is 25.0 Å². The van der Waals surface area contributed by atoms with Gasteiger partial charge >= 0.3 is 0 Å². The predicted molar refractivity (Wildman–Crippen MR) is 76.8 cm³/mol. The minimum atomic E-state index is 0.768. The van der Waals surface area contributed by atoms with Crippen LogP contribution in [0.15, 0.2) is 30.5 Å². The molecule has 0 unspecified atom stereocenters. The van der Waals surface area contributed by atoms with E-state index in [-0.39, 0.29) is 0 Å². The van der Waals surface area contributed by atoms with E-state index < -0.39 is 0 Å². The molecule has 1 aromatic heterocycles. The van der Waals surface area contributed by atoms with Gasteiger partial charge in [0, 0.05) is 30.4 Å². The molecule has 3 heteroatoms. The van der Waals surface area contributed by atoms with Gasteiger partial charge in [-0.2, -0.15) is 0 Å². The Balaban J connectivity index is 2.08. The minimum absolute atomic E-state index is 0.768. The lowest BCUT2D eigenvalue weighted by molar-refractivity contribution is 0.726. The van der Waals surface area contributed by atoms with Gasteiger partial charge in [0.1, 0.15) is 0 Å². The van der Waals surface area contributed by atoms with Gasteiger partial charge in [0.15, 0.2) is 0 Å². The lowest BCUT2D eigenvalue weighted by Gasteiger charge is -2.24. The maximum absolute atomic E-state index is 6.00. The highest BCUT2D eigenvalue weighted by atomic mass is 15.1.